The lowest BCUT2D eigenvalue weighted by atomic mass is 10.5. The summed E-state index contributed by atoms with van der Waals surface area (Å²) in [7, 11) is 0. The van der Waals surface area contributed by atoms with Gasteiger partial charge < -0.3 is 14.8 Å². The number of hydrogen-bond acceptors (Lipinski definition) is 7. The summed E-state index contributed by atoms with van der Waals surface area (Å²) in [6.07, 6.45) is 4.16. The van der Waals surface area contributed by atoms with Crippen LogP contribution in [-0.4, -0.2) is 39.6 Å². The van der Waals surface area contributed by atoms with Crippen LogP contribution in [0.15, 0.2) is 28.4 Å². The Bertz CT molecular complexity index is 1070. The lowest BCUT2D eigenvalue weighted by Gasteiger charge is -2.03. The fraction of sp³-hybridized carbons (Fsp3) is 0. The first-order valence-corrected chi connectivity index (χ1v) is 5.75. The van der Waals surface area contributed by atoms with Gasteiger partial charge in [-0.05, 0) is 0 Å². The number of hydrogen-bond donors (Lipinski definition) is 3. The molecule has 4 aromatic rings. The zero-order chi connectivity index (χ0) is 14.4. The van der Waals surface area contributed by atoms with Crippen molar-refractivity contribution in [3.63, 3.8) is 0 Å². The van der Waals surface area contributed by atoms with Crippen molar-refractivity contribution in [1.82, 2.24) is 39.6 Å². The van der Waals surface area contributed by atoms with Crippen LogP contribution in [-0.2, 0) is 0 Å². The summed E-state index contributed by atoms with van der Waals surface area (Å²) in [6, 6.07) is -0.180. The monoisotopic (exact) mass is 286 g/mol. The van der Waals surface area contributed by atoms with Crippen LogP contribution in [0.5, 0.6) is 6.01 Å². The molecule has 0 unspecified atom stereocenters. The van der Waals surface area contributed by atoms with Gasteiger partial charge in [-0.2, -0.15) is 9.97 Å². The van der Waals surface area contributed by atoms with E-state index < -0.39 is 11.2 Å². The van der Waals surface area contributed by atoms with Crippen LogP contribution in [0.2, 0.25) is 0 Å². The molecule has 0 saturated carbocycles. The van der Waals surface area contributed by atoms with Crippen molar-refractivity contribution in [3.8, 4) is 6.01 Å². The molecule has 4 aromatic heterocycles. The molecule has 0 saturated heterocycles. The van der Waals surface area contributed by atoms with E-state index in [0.717, 1.165) is 0 Å². The summed E-state index contributed by atoms with van der Waals surface area (Å²) in [5.74, 6) is 0. The van der Waals surface area contributed by atoms with Gasteiger partial charge in [-0.15, -0.1) is 0 Å². The maximum absolute atomic E-state index is 12.1. The molecule has 0 aliphatic carbocycles. The highest BCUT2D eigenvalue weighted by molar-refractivity contribution is 5.68. The summed E-state index contributed by atoms with van der Waals surface area (Å²) in [5.41, 5.74) is -0.272. The van der Waals surface area contributed by atoms with Crippen LogP contribution in [0.25, 0.3) is 22.3 Å². The van der Waals surface area contributed by atoms with Crippen LogP contribution in [0.4, 0.5) is 0 Å². The molecular weight excluding hydrogens is 280 g/mol. The van der Waals surface area contributed by atoms with Gasteiger partial charge in [0.2, 0.25) is 0 Å². The fourth-order valence-corrected chi connectivity index (χ4v) is 1.83. The Morgan fingerprint density at radius 1 is 1.10 bits per heavy atom. The average Bonchev–Trinajstić information content (AvgIpc) is 3.11. The summed E-state index contributed by atoms with van der Waals surface area (Å²) < 4.78 is 0.508. The highest BCUT2D eigenvalue weighted by atomic mass is 16.7. The Balaban J connectivity index is 1.86. The zero-order valence-electron chi connectivity index (χ0n) is 10.2. The third-order valence-electron chi connectivity index (χ3n) is 2.77. The Labute approximate surface area is 113 Å². The predicted octanol–water partition coefficient (Wildman–Crippen LogP) is -1.08. The molecule has 0 atom stereocenters. The minimum absolute atomic E-state index is 0.107. The van der Waals surface area contributed by atoms with Crippen LogP contribution < -0.4 is 16.1 Å². The lowest BCUT2D eigenvalue weighted by Crippen LogP contribution is -2.38. The molecule has 11 heteroatoms. The fourth-order valence-electron chi connectivity index (χ4n) is 1.83. The molecule has 0 aromatic carbocycles. The molecule has 104 valence electrons. The van der Waals surface area contributed by atoms with E-state index in [4.69, 9.17) is 4.84 Å². The van der Waals surface area contributed by atoms with Crippen LogP contribution in [0.3, 0.4) is 0 Å². The second-order valence-corrected chi connectivity index (χ2v) is 4.04. The molecule has 0 spiro atoms. The van der Waals surface area contributed by atoms with Gasteiger partial charge in [0.05, 0.1) is 18.9 Å². The van der Waals surface area contributed by atoms with Crippen molar-refractivity contribution >= 4 is 22.3 Å². The molecule has 0 amide bonds. The molecule has 3 N–H and O–H groups in total. The Morgan fingerprint density at radius 3 is 2.86 bits per heavy atom. The van der Waals surface area contributed by atoms with Gasteiger partial charge >= 0.3 is 17.3 Å². The maximum atomic E-state index is 12.1. The van der Waals surface area contributed by atoms with Crippen molar-refractivity contribution in [1.29, 1.82) is 0 Å². The van der Waals surface area contributed by atoms with Gasteiger partial charge in [-0.3, -0.25) is 9.78 Å². The zero-order valence-corrected chi connectivity index (χ0v) is 10.2. The number of nitrogens with zero attached hydrogens (tertiary/aromatic N) is 5. The smallest absolute Gasteiger partial charge is 0.342 e. The maximum Gasteiger partial charge on any atom is 0.364 e. The average molecular weight is 286 g/mol. The minimum atomic E-state index is -0.787. The van der Waals surface area contributed by atoms with E-state index in [1.807, 2.05) is 0 Å². The van der Waals surface area contributed by atoms with Crippen LogP contribution >= 0.6 is 0 Å². The Morgan fingerprint density at radius 2 is 1.95 bits per heavy atom. The standard InChI is InChI=1S/C10H6N8O3/c19-8-5-7(15-3-13-5)17-10(20)18(8)21-9-11-1-4-6(16-9)14-2-12-4/h1-3H,(H,13,15)(H,17,20)(H,11,12,14,16). The first kappa shape index (κ1) is 11.3. The summed E-state index contributed by atoms with van der Waals surface area (Å²) in [4.78, 5) is 52.4. The number of aromatic nitrogens is 8. The van der Waals surface area contributed by atoms with Crippen molar-refractivity contribution in [2.24, 2.45) is 0 Å². The van der Waals surface area contributed by atoms with Gasteiger partial charge in [0, 0.05) is 0 Å². The second kappa shape index (κ2) is 4.00. The molecule has 0 fully saturated rings. The largest absolute Gasteiger partial charge is 0.364 e. The molecule has 0 aliphatic heterocycles. The molecule has 0 aliphatic rings. The van der Waals surface area contributed by atoms with Gasteiger partial charge in [0.1, 0.15) is 5.52 Å². The first-order chi connectivity index (χ1) is 10.2. The van der Waals surface area contributed by atoms with E-state index in [-0.39, 0.29) is 17.2 Å². The molecule has 0 radical (unpaired) electrons. The van der Waals surface area contributed by atoms with Crippen molar-refractivity contribution < 1.29 is 4.84 Å². The number of rotatable bonds is 2. The Hall–Kier alpha value is -3.50. The highest BCUT2D eigenvalue weighted by Gasteiger charge is 2.13. The number of fused-ring (bicyclic) bond motifs is 2. The summed E-state index contributed by atoms with van der Waals surface area (Å²) in [5, 5.41) is 0. The first-order valence-electron chi connectivity index (χ1n) is 5.75. The van der Waals surface area contributed by atoms with Gasteiger partial charge in [0.15, 0.2) is 16.8 Å². The number of H-pyrrole nitrogens is 3. The van der Waals surface area contributed by atoms with E-state index in [1.54, 1.807) is 0 Å². The normalized spacial score (nSPS) is 11.2. The van der Waals surface area contributed by atoms with Crippen LogP contribution in [0.1, 0.15) is 0 Å². The number of imidazole rings is 2. The summed E-state index contributed by atoms with van der Waals surface area (Å²) in [6.45, 7) is 0. The molecule has 4 heterocycles. The van der Waals surface area contributed by atoms with Gasteiger partial charge in [-0.1, -0.05) is 4.73 Å². The van der Waals surface area contributed by atoms with E-state index in [2.05, 4.69) is 34.9 Å². The third kappa shape index (κ3) is 1.68. The number of aromatic amines is 3. The topological polar surface area (TPSA) is 147 Å². The van der Waals surface area contributed by atoms with Crippen molar-refractivity contribution in [2.75, 3.05) is 0 Å². The van der Waals surface area contributed by atoms with Gasteiger partial charge in [0.25, 0.3) is 0 Å². The second-order valence-electron chi connectivity index (χ2n) is 4.04. The minimum Gasteiger partial charge on any atom is -0.342 e. The predicted molar refractivity (Wildman–Crippen MR) is 68.7 cm³/mol. The third-order valence-corrected chi connectivity index (χ3v) is 2.77. The molecule has 4 rings (SSSR count). The molecule has 21 heavy (non-hydrogen) atoms. The highest BCUT2D eigenvalue weighted by Crippen LogP contribution is 2.08. The molecule has 11 nitrogen and oxygen atoms in total. The quantitative estimate of drug-likeness (QED) is 0.424. The molecule has 0 bridgehead atoms. The van der Waals surface area contributed by atoms with E-state index in [0.29, 0.717) is 15.9 Å². The Kier molecular flexibility index (Phi) is 2.16. The lowest BCUT2D eigenvalue weighted by molar-refractivity contribution is 0.174. The van der Waals surface area contributed by atoms with E-state index in [1.165, 1.54) is 18.9 Å². The SMILES string of the molecule is O=c1[nH]c2nc[nH]c2c(=O)n1Oc1ncc2[nH]cnc2n1. The van der Waals surface area contributed by atoms with Crippen LogP contribution in [0, 0.1) is 0 Å². The van der Waals surface area contributed by atoms with Gasteiger partial charge in [-0.25, -0.2) is 14.8 Å². The van der Waals surface area contributed by atoms with Crippen molar-refractivity contribution in [2.45, 2.75) is 0 Å². The van der Waals surface area contributed by atoms with Crippen molar-refractivity contribution in [3.05, 3.63) is 39.7 Å². The summed E-state index contributed by atoms with van der Waals surface area (Å²) >= 11 is 0. The number of nitrogens with one attached hydrogen (secondary N) is 3. The van der Waals surface area contributed by atoms with E-state index >= 15 is 0 Å². The van der Waals surface area contributed by atoms with E-state index in [9.17, 15) is 9.59 Å². The molecular formula is C10H6N8O3.